The molecule has 1 aromatic heterocycles. The minimum atomic E-state index is -0.277. The Bertz CT molecular complexity index is 1160. The van der Waals surface area contributed by atoms with Gasteiger partial charge in [-0.15, -0.1) is 0 Å². The van der Waals surface area contributed by atoms with Crippen LogP contribution >= 0.6 is 0 Å². The molecule has 0 bridgehead atoms. The van der Waals surface area contributed by atoms with Gasteiger partial charge in [-0.05, 0) is 37.8 Å². The maximum Gasteiger partial charge on any atom is 0.249 e. The summed E-state index contributed by atoms with van der Waals surface area (Å²) in [7, 11) is 1.48. The molecule has 36 heavy (non-hydrogen) atoms. The topological polar surface area (TPSA) is 106 Å². The molecule has 0 aromatic carbocycles. The van der Waals surface area contributed by atoms with E-state index in [1.165, 1.54) is 12.2 Å². The Morgan fingerprint density at radius 1 is 1.31 bits per heavy atom. The molecule has 1 aliphatic carbocycles. The van der Waals surface area contributed by atoms with E-state index in [9.17, 15) is 10.1 Å². The second-order valence-electron chi connectivity index (χ2n) is 8.77. The van der Waals surface area contributed by atoms with E-state index in [1.54, 1.807) is 24.7 Å². The zero-order chi connectivity index (χ0) is 24.9. The molecule has 2 saturated heterocycles. The molecule has 3 aliphatic heterocycles. The number of methoxy groups -OCH3 is 1. The predicted molar refractivity (Wildman–Crippen MR) is 128 cm³/mol. The van der Waals surface area contributed by atoms with Crippen LogP contribution in [-0.2, 0) is 23.8 Å². The average Bonchev–Trinajstić information content (AvgIpc) is 3.41. The molecule has 0 N–H and O–H groups in total. The van der Waals surface area contributed by atoms with Gasteiger partial charge in [0, 0.05) is 30.9 Å². The largest absolute Gasteiger partial charge is 0.486 e. The molecular formula is C26H28N4O6. The number of ether oxygens (including phenoxy) is 4. The van der Waals surface area contributed by atoms with Crippen LogP contribution in [0.15, 0.2) is 60.2 Å². The molecule has 1 aromatic rings. The molecule has 2 fully saturated rings. The van der Waals surface area contributed by atoms with E-state index < -0.39 is 0 Å². The zero-order valence-corrected chi connectivity index (χ0v) is 20.1. The summed E-state index contributed by atoms with van der Waals surface area (Å²) in [4.78, 5) is 24.5. The standard InChI is InChI=1S/C26H28N4O6/c1-32-25-19(13-27)12-20(14-28-25)29-8-11-34-24(16-29)22-4-2-3-5-23(22)36-21-15-30(35-17-21)26(31)18-6-9-33-10-7-18/h3,5,8,11-12,14,16,18,21H,2,4,6-7,9-10,15,17H2,1H3/t21-/m0/s1. The molecule has 1 amide bonds. The molecule has 0 spiro atoms. The minimum absolute atomic E-state index is 0.00160. The molecule has 0 radical (unpaired) electrons. The second-order valence-corrected chi connectivity index (χ2v) is 8.77. The summed E-state index contributed by atoms with van der Waals surface area (Å²) in [5.41, 5.74) is 1.96. The normalized spacial score (nSPS) is 22.2. The first-order chi connectivity index (χ1) is 17.7. The average molecular weight is 493 g/mol. The third-order valence-corrected chi connectivity index (χ3v) is 6.44. The number of anilines is 1. The maximum atomic E-state index is 12.8. The van der Waals surface area contributed by atoms with E-state index in [0.29, 0.717) is 49.1 Å². The first kappa shape index (κ1) is 23.9. The van der Waals surface area contributed by atoms with Crippen LogP contribution in [0.4, 0.5) is 5.69 Å². The van der Waals surface area contributed by atoms with Crippen molar-refractivity contribution in [1.29, 1.82) is 5.26 Å². The first-order valence-electron chi connectivity index (χ1n) is 12.0. The van der Waals surface area contributed by atoms with Gasteiger partial charge in [-0.1, -0.05) is 6.08 Å². The van der Waals surface area contributed by atoms with Gasteiger partial charge in [-0.2, -0.15) is 5.26 Å². The Morgan fingerprint density at radius 3 is 2.97 bits per heavy atom. The summed E-state index contributed by atoms with van der Waals surface area (Å²) in [5, 5.41) is 10.8. The highest BCUT2D eigenvalue weighted by atomic mass is 16.7. The van der Waals surface area contributed by atoms with Gasteiger partial charge in [-0.25, -0.2) is 10.0 Å². The zero-order valence-electron chi connectivity index (χ0n) is 20.1. The molecule has 10 heteroatoms. The molecule has 0 saturated carbocycles. The number of carbonyl (C=O) groups excluding carboxylic acids is 1. The molecule has 4 aliphatic rings. The Hall–Kier alpha value is -3.81. The van der Waals surface area contributed by atoms with Crippen molar-refractivity contribution in [2.75, 3.05) is 38.4 Å². The van der Waals surface area contributed by atoms with Crippen LogP contribution in [0.3, 0.4) is 0 Å². The second kappa shape index (κ2) is 10.8. The van der Waals surface area contributed by atoms with Gasteiger partial charge in [0.1, 0.15) is 42.1 Å². The van der Waals surface area contributed by atoms with Crippen molar-refractivity contribution < 1.29 is 28.6 Å². The molecule has 188 valence electrons. The fraction of sp³-hybridized carbons (Fsp3) is 0.423. The maximum absolute atomic E-state index is 12.8. The summed E-state index contributed by atoms with van der Waals surface area (Å²) in [6, 6.07) is 3.82. The summed E-state index contributed by atoms with van der Waals surface area (Å²) in [6.45, 7) is 1.90. The van der Waals surface area contributed by atoms with Gasteiger partial charge in [-0.3, -0.25) is 9.63 Å². The van der Waals surface area contributed by atoms with E-state index in [0.717, 1.165) is 31.3 Å². The number of rotatable bonds is 6. The van der Waals surface area contributed by atoms with Crippen LogP contribution in [0.25, 0.3) is 0 Å². The molecule has 0 unspecified atom stereocenters. The van der Waals surface area contributed by atoms with E-state index in [-0.39, 0.29) is 23.8 Å². The lowest BCUT2D eigenvalue weighted by molar-refractivity contribution is -0.176. The lowest BCUT2D eigenvalue weighted by atomic mass is 9.99. The Morgan fingerprint density at radius 2 is 2.17 bits per heavy atom. The number of nitrogens with zero attached hydrogens (tertiary/aromatic N) is 4. The SMILES string of the molecule is COc1ncc(N2C=COC(C3=C(O[C@@H]4CON(C(=O)C5CCOCC5)C4)C=CCC3)=C2)cc1C#N. The number of amides is 1. The highest BCUT2D eigenvalue weighted by Gasteiger charge is 2.35. The first-order valence-corrected chi connectivity index (χ1v) is 12.0. The number of nitriles is 1. The van der Waals surface area contributed by atoms with Crippen molar-refractivity contribution in [3.05, 3.63) is 65.7 Å². The van der Waals surface area contributed by atoms with Gasteiger partial charge in [0.2, 0.25) is 11.8 Å². The summed E-state index contributed by atoms with van der Waals surface area (Å²) < 4.78 is 22.7. The smallest absolute Gasteiger partial charge is 0.249 e. The van der Waals surface area contributed by atoms with Gasteiger partial charge >= 0.3 is 0 Å². The van der Waals surface area contributed by atoms with E-state index >= 15 is 0 Å². The number of hydrogen-bond acceptors (Lipinski definition) is 9. The highest BCUT2D eigenvalue weighted by molar-refractivity contribution is 5.78. The van der Waals surface area contributed by atoms with Gasteiger partial charge in [0.25, 0.3) is 0 Å². The Balaban J connectivity index is 1.31. The van der Waals surface area contributed by atoms with Gasteiger partial charge in [0.15, 0.2) is 0 Å². The number of hydrogen-bond donors (Lipinski definition) is 0. The summed E-state index contributed by atoms with van der Waals surface area (Å²) in [6.07, 6.45) is 13.6. The Kier molecular flexibility index (Phi) is 7.21. The number of hydroxylamine groups is 2. The van der Waals surface area contributed by atoms with Crippen molar-refractivity contribution in [2.24, 2.45) is 5.92 Å². The highest BCUT2D eigenvalue weighted by Crippen LogP contribution is 2.33. The monoisotopic (exact) mass is 492 g/mol. The summed E-state index contributed by atoms with van der Waals surface area (Å²) in [5.74, 6) is 1.56. The van der Waals surface area contributed by atoms with Crippen LogP contribution in [0.1, 0.15) is 31.2 Å². The number of aromatic nitrogens is 1. The van der Waals surface area contributed by atoms with Crippen LogP contribution in [0.2, 0.25) is 0 Å². The Labute approximate surface area is 209 Å². The third-order valence-electron chi connectivity index (χ3n) is 6.44. The van der Waals surface area contributed by atoms with Crippen LogP contribution in [0, 0.1) is 17.2 Å². The van der Waals surface area contributed by atoms with Crippen molar-refractivity contribution in [3.8, 4) is 11.9 Å². The number of carbonyl (C=O) groups is 1. The van der Waals surface area contributed by atoms with Crippen LogP contribution in [0.5, 0.6) is 5.88 Å². The van der Waals surface area contributed by atoms with Crippen molar-refractivity contribution >= 4 is 11.6 Å². The number of pyridine rings is 1. The van der Waals surface area contributed by atoms with Crippen LogP contribution in [-0.4, -0.2) is 55.5 Å². The minimum Gasteiger partial charge on any atom is -0.486 e. The van der Waals surface area contributed by atoms with Crippen LogP contribution < -0.4 is 9.64 Å². The van der Waals surface area contributed by atoms with E-state index in [1.807, 2.05) is 17.2 Å². The van der Waals surface area contributed by atoms with Crippen molar-refractivity contribution in [1.82, 2.24) is 10.0 Å². The fourth-order valence-corrected chi connectivity index (χ4v) is 4.52. The van der Waals surface area contributed by atoms with E-state index in [2.05, 4.69) is 17.1 Å². The number of allylic oxidation sites excluding steroid dienone is 3. The predicted octanol–water partition coefficient (Wildman–Crippen LogP) is 3.30. The van der Waals surface area contributed by atoms with Gasteiger partial charge < -0.3 is 23.8 Å². The van der Waals surface area contributed by atoms with Crippen molar-refractivity contribution in [3.63, 3.8) is 0 Å². The van der Waals surface area contributed by atoms with Gasteiger partial charge in [0.05, 0.1) is 31.7 Å². The molecular weight excluding hydrogens is 464 g/mol. The quantitative estimate of drug-likeness (QED) is 0.591. The molecule has 5 rings (SSSR count). The lowest BCUT2D eigenvalue weighted by Gasteiger charge is -2.26. The lowest BCUT2D eigenvalue weighted by Crippen LogP contribution is -2.37. The fourth-order valence-electron chi connectivity index (χ4n) is 4.52. The molecule has 4 heterocycles. The van der Waals surface area contributed by atoms with E-state index in [4.69, 9.17) is 23.8 Å². The summed E-state index contributed by atoms with van der Waals surface area (Å²) >= 11 is 0. The molecule has 1 atom stereocenters. The van der Waals surface area contributed by atoms with Crippen molar-refractivity contribution in [2.45, 2.75) is 31.8 Å². The third kappa shape index (κ3) is 5.08. The molecule has 10 nitrogen and oxygen atoms in total.